The van der Waals surface area contributed by atoms with Crippen LogP contribution in [0.5, 0.6) is 0 Å². The minimum absolute atomic E-state index is 0.198. The van der Waals surface area contributed by atoms with Gasteiger partial charge in [-0.3, -0.25) is 4.79 Å². The average molecular weight is 315 g/mol. The van der Waals surface area contributed by atoms with Crippen molar-refractivity contribution in [3.63, 3.8) is 0 Å². The van der Waals surface area contributed by atoms with Crippen LogP contribution in [0.3, 0.4) is 0 Å². The molecule has 0 unspecified atom stereocenters. The van der Waals surface area contributed by atoms with Crippen molar-refractivity contribution in [1.82, 2.24) is 0 Å². The van der Waals surface area contributed by atoms with E-state index in [0.29, 0.717) is 5.76 Å². The zero-order valence-electron chi connectivity index (χ0n) is 12.8. The molecule has 0 bridgehead atoms. The molecule has 1 saturated carbocycles. The zero-order valence-corrected chi connectivity index (χ0v) is 13.6. The fourth-order valence-corrected chi connectivity index (χ4v) is 3.95. The van der Waals surface area contributed by atoms with Crippen LogP contribution in [0.15, 0.2) is 45.7 Å². The van der Waals surface area contributed by atoms with Crippen molar-refractivity contribution in [3.8, 4) is 0 Å². The normalized spacial score (nSPS) is 15.1. The molecule has 3 rings (SSSR count). The third kappa shape index (κ3) is 3.74. The molecular formula is C18H21NO2S. The molecule has 2 aromatic rings. The fraction of sp³-hybridized carbons (Fsp3) is 0.389. The Morgan fingerprint density at radius 3 is 2.55 bits per heavy atom. The first kappa shape index (κ1) is 15.2. The SMILES string of the molecule is CCc1ccc(C(=O)Nc2ccc(SC3CCCC3)cc2)o1. The Morgan fingerprint density at radius 2 is 1.91 bits per heavy atom. The van der Waals surface area contributed by atoms with Gasteiger partial charge in [0, 0.05) is 22.3 Å². The van der Waals surface area contributed by atoms with Crippen molar-refractivity contribution in [1.29, 1.82) is 0 Å². The van der Waals surface area contributed by atoms with E-state index in [0.717, 1.165) is 23.1 Å². The second kappa shape index (κ2) is 7.05. The van der Waals surface area contributed by atoms with Crippen molar-refractivity contribution < 1.29 is 9.21 Å². The van der Waals surface area contributed by atoms with Gasteiger partial charge >= 0.3 is 0 Å². The standard InChI is InChI=1S/C18H21NO2S/c1-2-14-9-12-17(21-14)18(20)19-13-7-10-16(11-8-13)22-15-5-3-4-6-15/h7-12,15H,2-6H2,1H3,(H,19,20). The second-order valence-electron chi connectivity index (χ2n) is 5.62. The van der Waals surface area contributed by atoms with E-state index in [4.69, 9.17) is 4.42 Å². The monoisotopic (exact) mass is 315 g/mol. The van der Waals surface area contributed by atoms with Crippen LogP contribution in [0.1, 0.15) is 48.9 Å². The van der Waals surface area contributed by atoms with Gasteiger partial charge in [0.05, 0.1) is 0 Å². The van der Waals surface area contributed by atoms with Crippen LogP contribution in [0, 0.1) is 0 Å². The summed E-state index contributed by atoms with van der Waals surface area (Å²) in [6, 6.07) is 11.6. The molecule has 3 nitrogen and oxygen atoms in total. The van der Waals surface area contributed by atoms with Crippen LogP contribution in [-0.2, 0) is 6.42 Å². The van der Waals surface area contributed by atoms with Gasteiger partial charge in [-0.05, 0) is 49.2 Å². The Bertz CT molecular complexity index is 627. The summed E-state index contributed by atoms with van der Waals surface area (Å²) in [4.78, 5) is 13.4. The Hall–Kier alpha value is -1.68. The van der Waals surface area contributed by atoms with E-state index < -0.39 is 0 Å². The number of hydrogen-bond acceptors (Lipinski definition) is 3. The van der Waals surface area contributed by atoms with Crippen LogP contribution in [0.2, 0.25) is 0 Å². The molecule has 22 heavy (non-hydrogen) atoms. The van der Waals surface area contributed by atoms with Crippen molar-refractivity contribution in [3.05, 3.63) is 47.9 Å². The summed E-state index contributed by atoms with van der Waals surface area (Å²) in [5.41, 5.74) is 0.801. The minimum atomic E-state index is -0.198. The number of carbonyl (C=O) groups is 1. The van der Waals surface area contributed by atoms with Gasteiger partial charge < -0.3 is 9.73 Å². The van der Waals surface area contributed by atoms with E-state index >= 15 is 0 Å². The lowest BCUT2D eigenvalue weighted by atomic mass is 10.3. The van der Waals surface area contributed by atoms with Crippen LogP contribution in [0.25, 0.3) is 0 Å². The van der Waals surface area contributed by atoms with Gasteiger partial charge in [-0.15, -0.1) is 11.8 Å². The van der Waals surface area contributed by atoms with Gasteiger partial charge in [-0.25, -0.2) is 0 Å². The number of hydrogen-bond donors (Lipinski definition) is 1. The highest BCUT2D eigenvalue weighted by Gasteiger charge is 2.16. The first-order valence-electron chi connectivity index (χ1n) is 7.91. The zero-order chi connectivity index (χ0) is 15.4. The van der Waals surface area contributed by atoms with Crippen molar-refractivity contribution in [2.75, 3.05) is 5.32 Å². The molecule has 0 radical (unpaired) electrons. The summed E-state index contributed by atoms with van der Waals surface area (Å²) in [5.74, 6) is 0.991. The van der Waals surface area contributed by atoms with Gasteiger partial charge in [0.25, 0.3) is 5.91 Å². The number of furan rings is 1. The van der Waals surface area contributed by atoms with Crippen LogP contribution < -0.4 is 5.32 Å². The molecule has 1 aromatic heterocycles. The maximum atomic E-state index is 12.1. The van der Waals surface area contributed by atoms with Crippen molar-refractivity contribution in [2.24, 2.45) is 0 Å². The lowest BCUT2D eigenvalue weighted by Crippen LogP contribution is -2.10. The number of amides is 1. The lowest BCUT2D eigenvalue weighted by Gasteiger charge is -2.09. The predicted octanol–water partition coefficient (Wildman–Crippen LogP) is 5.13. The molecule has 0 aliphatic heterocycles. The van der Waals surface area contributed by atoms with Gasteiger partial charge in [-0.2, -0.15) is 0 Å². The molecule has 1 aliphatic rings. The molecule has 4 heteroatoms. The molecule has 1 aliphatic carbocycles. The van der Waals surface area contributed by atoms with E-state index in [1.165, 1.54) is 30.6 Å². The van der Waals surface area contributed by atoms with Gasteiger partial charge in [0.1, 0.15) is 5.76 Å². The largest absolute Gasteiger partial charge is 0.456 e. The predicted molar refractivity (Wildman–Crippen MR) is 90.6 cm³/mol. The van der Waals surface area contributed by atoms with E-state index in [9.17, 15) is 4.79 Å². The molecule has 1 N–H and O–H groups in total. The number of rotatable bonds is 5. The lowest BCUT2D eigenvalue weighted by molar-refractivity contribution is 0.0995. The van der Waals surface area contributed by atoms with Crippen LogP contribution in [0.4, 0.5) is 5.69 Å². The first-order valence-corrected chi connectivity index (χ1v) is 8.79. The molecule has 0 atom stereocenters. The maximum Gasteiger partial charge on any atom is 0.291 e. The summed E-state index contributed by atoms with van der Waals surface area (Å²) in [7, 11) is 0. The average Bonchev–Trinajstić information content (AvgIpc) is 3.20. The van der Waals surface area contributed by atoms with Gasteiger partial charge in [-0.1, -0.05) is 19.8 Å². The topological polar surface area (TPSA) is 42.2 Å². The number of aryl methyl sites for hydroxylation is 1. The van der Waals surface area contributed by atoms with Crippen molar-refractivity contribution >= 4 is 23.4 Å². The van der Waals surface area contributed by atoms with Crippen LogP contribution >= 0.6 is 11.8 Å². The summed E-state index contributed by atoms with van der Waals surface area (Å²) >= 11 is 1.95. The highest BCUT2D eigenvalue weighted by Crippen LogP contribution is 2.34. The summed E-state index contributed by atoms with van der Waals surface area (Å²) in [6.45, 7) is 2.00. The quantitative estimate of drug-likeness (QED) is 0.831. The molecule has 1 aromatic carbocycles. The number of carbonyl (C=O) groups excluding carboxylic acids is 1. The Balaban J connectivity index is 1.59. The third-order valence-corrected chi connectivity index (χ3v) is 5.30. The number of nitrogens with one attached hydrogen (secondary N) is 1. The Kier molecular flexibility index (Phi) is 4.88. The summed E-state index contributed by atoms with van der Waals surface area (Å²) < 4.78 is 5.46. The second-order valence-corrected chi connectivity index (χ2v) is 7.00. The molecular weight excluding hydrogens is 294 g/mol. The summed E-state index contributed by atoms with van der Waals surface area (Å²) in [6.07, 6.45) is 6.15. The minimum Gasteiger partial charge on any atom is -0.456 e. The number of benzene rings is 1. The molecule has 116 valence electrons. The highest BCUT2D eigenvalue weighted by atomic mass is 32.2. The molecule has 0 spiro atoms. The Labute approximate surface area is 135 Å². The van der Waals surface area contributed by atoms with Crippen LogP contribution in [-0.4, -0.2) is 11.2 Å². The highest BCUT2D eigenvalue weighted by molar-refractivity contribution is 8.00. The molecule has 0 saturated heterocycles. The number of thioether (sulfide) groups is 1. The van der Waals surface area contributed by atoms with E-state index in [2.05, 4.69) is 17.4 Å². The Morgan fingerprint density at radius 1 is 1.18 bits per heavy atom. The maximum absolute atomic E-state index is 12.1. The van der Waals surface area contributed by atoms with Crippen molar-refractivity contribution in [2.45, 2.75) is 49.2 Å². The van der Waals surface area contributed by atoms with E-state index in [1.807, 2.05) is 36.9 Å². The number of anilines is 1. The van der Waals surface area contributed by atoms with E-state index in [1.54, 1.807) is 6.07 Å². The molecule has 1 amide bonds. The fourth-order valence-electron chi connectivity index (χ4n) is 2.70. The summed E-state index contributed by atoms with van der Waals surface area (Å²) in [5, 5.41) is 3.63. The molecule has 1 fully saturated rings. The first-order chi connectivity index (χ1) is 10.7. The van der Waals surface area contributed by atoms with Gasteiger partial charge in [0.2, 0.25) is 0 Å². The van der Waals surface area contributed by atoms with E-state index in [-0.39, 0.29) is 5.91 Å². The smallest absolute Gasteiger partial charge is 0.291 e. The van der Waals surface area contributed by atoms with Gasteiger partial charge in [0.15, 0.2) is 5.76 Å². The molecule has 1 heterocycles. The third-order valence-electron chi connectivity index (χ3n) is 3.95.